The Kier molecular flexibility index (Phi) is 8.00. The highest BCUT2D eigenvalue weighted by Gasteiger charge is 2.31. The second kappa shape index (κ2) is 12.2. The predicted molar refractivity (Wildman–Crippen MR) is 183 cm³/mol. The smallest absolute Gasteiger partial charge is 0.320 e. The third kappa shape index (κ3) is 6.10. The molecular weight excluding hydrogens is 588 g/mol. The quantitative estimate of drug-likeness (QED) is 0.203. The minimum Gasteiger partial charge on any atom is -0.484 e. The summed E-state index contributed by atoms with van der Waals surface area (Å²) >= 11 is 0. The zero-order chi connectivity index (χ0) is 32.9. The van der Waals surface area contributed by atoms with Crippen molar-refractivity contribution in [2.75, 3.05) is 18.9 Å². The lowest BCUT2D eigenvalue weighted by Crippen LogP contribution is -2.36. The minimum atomic E-state index is -0.266. The molecule has 1 unspecified atom stereocenters. The molecule has 1 aliphatic carbocycles. The van der Waals surface area contributed by atoms with E-state index in [9.17, 15) is 4.79 Å². The Hall–Kier alpha value is -4.70. The average Bonchev–Trinajstić information content (AvgIpc) is 3.76. The van der Waals surface area contributed by atoms with Gasteiger partial charge in [0.25, 0.3) is 0 Å². The first kappa shape index (κ1) is 30.9. The average molecular weight is 633 g/mol. The van der Waals surface area contributed by atoms with Crippen molar-refractivity contribution in [2.45, 2.75) is 83.9 Å². The van der Waals surface area contributed by atoms with Gasteiger partial charge >= 0.3 is 6.03 Å². The second-order valence-electron chi connectivity index (χ2n) is 14.1. The molecule has 5 aromatic rings. The van der Waals surface area contributed by atoms with Crippen LogP contribution in [-0.4, -0.2) is 48.9 Å². The van der Waals surface area contributed by atoms with Crippen LogP contribution in [0.4, 0.5) is 10.6 Å². The van der Waals surface area contributed by atoms with Crippen LogP contribution in [0.25, 0.3) is 11.3 Å². The van der Waals surface area contributed by atoms with E-state index in [2.05, 4.69) is 102 Å². The van der Waals surface area contributed by atoms with Gasteiger partial charge in [-0.15, -0.1) is 10.2 Å². The molecule has 3 atom stereocenters. The third-order valence-corrected chi connectivity index (χ3v) is 9.54. The maximum atomic E-state index is 13.6. The Morgan fingerprint density at radius 2 is 1.77 bits per heavy atom. The van der Waals surface area contributed by atoms with Crippen molar-refractivity contribution in [3.63, 3.8) is 0 Å². The van der Waals surface area contributed by atoms with Crippen molar-refractivity contribution in [3.05, 3.63) is 101 Å². The van der Waals surface area contributed by atoms with Crippen molar-refractivity contribution in [1.29, 1.82) is 0 Å². The maximum absolute atomic E-state index is 13.6. The van der Waals surface area contributed by atoms with Gasteiger partial charge in [-0.05, 0) is 88.0 Å². The molecule has 244 valence electrons. The zero-order valence-electron chi connectivity index (χ0n) is 28.1. The summed E-state index contributed by atoms with van der Waals surface area (Å²) < 4.78 is 10.6. The van der Waals surface area contributed by atoms with Crippen LogP contribution in [0.3, 0.4) is 0 Å². The van der Waals surface area contributed by atoms with Gasteiger partial charge in [-0.3, -0.25) is 14.6 Å². The van der Waals surface area contributed by atoms with Crippen LogP contribution < -0.4 is 15.4 Å². The van der Waals surface area contributed by atoms with Crippen LogP contribution in [0.5, 0.6) is 5.75 Å². The molecule has 2 amide bonds. The first-order valence-electron chi connectivity index (χ1n) is 16.6. The molecule has 1 fully saturated rings. The molecule has 0 spiro atoms. The normalized spacial score (nSPS) is 19.9. The summed E-state index contributed by atoms with van der Waals surface area (Å²) in [5.41, 5.74) is 6.91. The number of carbonyl (C=O) groups excluding carboxylic acids is 1. The largest absolute Gasteiger partial charge is 0.484 e. The molecule has 0 radical (unpaired) electrons. The molecule has 1 saturated heterocycles. The Balaban J connectivity index is 1.10. The summed E-state index contributed by atoms with van der Waals surface area (Å²) in [5, 5.41) is 20.2. The molecule has 7 rings (SSSR count). The summed E-state index contributed by atoms with van der Waals surface area (Å²) in [4.78, 5) is 15.9. The molecule has 47 heavy (non-hydrogen) atoms. The number of benzene rings is 2. The Labute approximate surface area is 276 Å². The van der Waals surface area contributed by atoms with E-state index >= 15 is 0 Å². The van der Waals surface area contributed by atoms with E-state index in [-0.39, 0.29) is 29.6 Å². The van der Waals surface area contributed by atoms with Gasteiger partial charge in [-0.25, -0.2) is 9.48 Å². The second-order valence-corrected chi connectivity index (χ2v) is 14.1. The zero-order valence-corrected chi connectivity index (χ0v) is 28.1. The van der Waals surface area contributed by atoms with Crippen molar-refractivity contribution < 1.29 is 9.53 Å². The first-order chi connectivity index (χ1) is 22.5. The molecule has 10 heteroatoms. The lowest BCUT2D eigenvalue weighted by Gasteiger charge is -2.32. The van der Waals surface area contributed by atoms with E-state index in [1.165, 1.54) is 5.56 Å². The molecule has 0 bridgehead atoms. The number of nitrogens with zero attached hydrogens (tertiary/aromatic N) is 6. The molecule has 1 aliphatic heterocycles. The molecule has 3 aromatic heterocycles. The highest BCUT2D eigenvalue weighted by atomic mass is 16.5. The summed E-state index contributed by atoms with van der Waals surface area (Å²) in [7, 11) is 2.14. The van der Waals surface area contributed by atoms with E-state index in [1.54, 1.807) is 0 Å². The van der Waals surface area contributed by atoms with Crippen LogP contribution in [0.15, 0.2) is 66.9 Å². The van der Waals surface area contributed by atoms with Gasteiger partial charge in [0.2, 0.25) is 0 Å². The van der Waals surface area contributed by atoms with Crippen molar-refractivity contribution in [2.24, 2.45) is 0 Å². The fourth-order valence-corrected chi connectivity index (χ4v) is 6.98. The Bertz CT molecular complexity index is 1940. The Morgan fingerprint density at radius 3 is 2.51 bits per heavy atom. The number of urea groups is 1. The summed E-state index contributed by atoms with van der Waals surface area (Å²) in [5.74, 6) is 2.37. The van der Waals surface area contributed by atoms with Gasteiger partial charge in [0.05, 0.1) is 29.7 Å². The number of pyridine rings is 1. The number of carbonyl (C=O) groups is 1. The predicted octanol–water partition coefficient (Wildman–Crippen LogP) is 7.37. The van der Waals surface area contributed by atoms with E-state index in [1.807, 2.05) is 41.2 Å². The number of fused-ring (bicyclic) bond motifs is 2. The molecule has 4 heterocycles. The molecule has 2 N–H and O–H groups in total. The van der Waals surface area contributed by atoms with Crippen LogP contribution in [-0.2, 0) is 5.41 Å². The van der Waals surface area contributed by atoms with Gasteiger partial charge in [-0.2, -0.15) is 5.10 Å². The van der Waals surface area contributed by atoms with Gasteiger partial charge in [0.1, 0.15) is 17.7 Å². The van der Waals surface area contributed by atoms with Crippen LogP contribution in [0.1, 0.15) is 98.4 Å². The van der Waals surface area contributed by atoms with Gasteiger partial charge in [-0.1, -0.05) is 62.7 Å². The minimum absolute atomic E-state index is 0.140. The number of nitrogens with one attached hydrogen (secondary N) is 2. The molecule has 0 saturated carbocycles. The van der Waals surface area contributed by atoms with Crippen LogP contribution >= 0.6 is 0 Å². The fraction of sp³-hybridized carbons (Fsp3) is 0.405. The van der Waals surface area contributed by atoms with Crippen molar-refractivity contribution >= 4 is 17.5 Å². The molecule has 2 aliphatic rings. The van der Waals surface area contributed by atoms with Crippen molar-refractivity contribution in [1.82, 2.24) is 34.6 Å². The molecular formula is C37H44N8O2. The topological polar surface area (TPSA) is 102 Å². The first-order valence-corrected chi connectivity index (χ1v) is 16.6. The highest BCUT2D eigenvalue weighted by Crippen LogP contribution is 2.39. The van der Waals surface area contributed by atoms with E-state index in [4.69, 9.17) is 9.84 Å². The molecule has 10 nitrogen and oxygen atoms in total. The number of anilines is 1. The number of likely N-dealkylation sites (tertiary alicyclic amines) is 1. The van der Waals surface area contributed by atoms with Gasteiger partial charge in [0, 0.05) is 11.5 Å². The standard InChI is InChI=1S/C37H44N8O2/c1-23-13-16-29(24(2)20-23)45-34(21-32(42-45)37(3,4)5)39-36(46)38-28-15-17-31(27-11-8-7-10-26(27)28)47-25-14-18-33-40-41-35(44(33)22-25)30-12-9-19-43(30)6/h7-8,10-11,13-14,16,18,20-22,28,30-31H,9,12,15,17,19H2,1-6H3,(H2,38,39,46)/t28-,30-,31?/m0/s1. The van der Waals surface area contributed by atoms with Crippen LogP contribution in [0, 0.1) is 13.8 Å². The third-order valence-electron chi connectivity index (χ3n) is 9.54. The lowest BCUT2D eigenvalue weighted by atomic mass is 9.85. The summed E-state index contributed by atoms with van der Waals surface area (Å²) in [6, 6.07) is 20.2. The van der Waals surface area contributed by atoms with Gasteiger partial charge < -0.3 is 10.1 Å². The number of rotatable bonds is 6. The van der Waals surface area contributed by atoms with Crippen molar-refractivity contribution in [3.8, 4) is 11.4 Å². The van der Waals surface area contributed by atoms with Crippen LogP contribution in [0.2, 0.25) is 0 Å². The summed E-state index contributed by atoms with van der Waals surface area (Å²) in [6.07, 6.45) is 5.61. The summed E-state index contributed by atoms with van der Waals surface area (Å²) in [6.45, 7) is 11.6. The lowest BCUT2D eigenvalue weighted by molar-refractivity contribution is 0.171. The number of amides is 2. The number of hydrogen-bond acceptors (Lipinski definition) is 6. The molecule has 2 aromatic carbocycles. The fourth-order valence-electron chi connectivity index (χ4n) is 6.98. The van der Waals surface area contributed by atoms with E-state index in [0.717, 1.165) is 77.5 Å². The Morgan fingerprint density at radius 1 is 0.957 bits per heavy atom. The number of aromatic nitrogens is 5. The monoisotopic (exact) mass is 632 g/mol. The SMILES string of the molecule is Cc1ccc(-n2nc(C(C)(C)C)cc2NC(=O)N[C@H]2CCC(Oc3ccc4nnc([C@@H]5CCCN5C)n4c3)c3ccccc32)c(C)c1. The van der Waals surface area contributed by atoms with E-state index < -0.39 is 0 Å². The van der Waals surface area contributed by atoms with Gasteiger partial charge in [0.15, 0.2) is 11.5 Å². The highest BCUT2D eigenvalue weighted by molar-refractivity contribution is 5.89. The number of ether oxygens (including phenoxy) is 1. The maximum Gasteiger partial charge on any atom is 0.320 e. The number of hydrogen-bond donors (Lipinski definition) is 2. The number of aryl methyl sites for hydroxylation is 2. The van der Waals surface area contributed by atoms with E-state index in [0.29, 0.717) is 5.82 Å².